The molecule has 0 spiro atoms. The number of anilines is 1. The fourth-order valence-electron chi connectivity index (χ4n) is 5.92. The van der Waals surface area contributed by atoms with Gasteiger partial charge >= 0.3 is 5.97 Å². The zero-order valence-corrected chi connectivity index (χ0v) is 17.2. The van der Waals surface area contributed by atoms with Crippen molar-refractivity contribution in [1.82, 2.24) is 0 Å². The molecule has 4 aliphatic carbocycles. The average molecular weight is 413 g/mol. The number of ether oxygens (including phenoxy) is 1. The van der Waals surface area contributed by atoms with Crippen LogP contribution in [0.2, 0.25) is 0 Å². The molecule has 7 rings (SSSR count). The number of aryl methyl sites for hydroxylation is 1. The third-order valence-electron chi connectivity index (χ3n) is 7.57. The molecule has 2 amide bonds. The van der Waals surface area contributed by atoms with Gasteiger partial charge in [-0.05, 0) is 78.5 Å². The van der Waals surface area contributed by atoms with Gasteiger partial charge < -0.3 is 4.74 Å². The molecule has 0 radical (unpaired) electrons. The van der Waals surface area contributed by atoms with Crippen molar-refractivity contribution in [3.8, 4) is 5.75 Å². The topological polar surface area (TPSA) is 63.7 Å². The van der Waals surface area contributed by atoms with E-state index in [1.807, 2.05) is 12.1 Å². The van der Waals surface area contributed by atoms with Crippen molar-refractivity contribution >= 4 is 23.5 Å². The zero-order chi connectivity index (χ0) is 21.3. The molecule has 3 fully saturated rings. The highest BCUT2D eigenvalue weighted by atomic mass is 16.5. The van der Waals surface area contributed by atoms with Crippen LogP contribution in [0.5, 0.6) is 5.75 Å². The number of hydrogen-bond donors (Lipinski definition) is 0. The quantitative estimate of drug-likeness (QED) is 0.329. The maximum Gasteiger partial charge on any atom is 0.343 e. The van der Waals surface area contributed by atoms with E-state index in [9.17, 15) is 14.4 Å². The lowest BCUT2D eigenvalue weighted by molar-refractivity contribution is -0.124. The van der Waals surface area contributed by atoms with Gasteiger partial charge in [0.2, 0.25) is 11.8 Å². The molecule has 6 atom stereocenters. The molecule has 1 saturated heterocycles. The highest BCUT2D eigenvalue weighted by molar-refractivity contribution is 6.22. The van der Waals surface area contributed by atoms with E-state index < -0.39 is 5.97 Å². The Morgan fingerprint density at radius 2 is 1.48 bits per heavy atom. The van der Waals surface area contributed by atoms with Crippen LogP contribution in [0.1, 0.15) is 29.3 Å². The van der Waals surface area contributed by atoms with Crippen LogP contribution in [0.25, 0.3) is 0 Å². The molecule has 31 heavy (non-hydrogen) atoms. The minimum absolute atomic E-state index is 0.0916. The lowest BCUT2D eigenvalue weighted by Gasteiger charge is -2.37. The van der Waals surface area contributed by atoms with Gasteiger partial charge in [0, 0.05) is 0 Å². The van der Waals surface area contributed by atoms with E-state index in [1.165, 1.54) is 10.5 Å². The molecule has 5 heteroatoms. The van der Waals surface area contributed by atoms with Crippen molar-refractivity contribution in [3.05, 3.63) is 71.8 Å². The van der Waals surface area contributed by atoms with E-state index in [0.717, 1.165) is 12.8 Å². The van der Waals surface area contributed by atoms with Gasteiger partial charge in [0.15, 0.2) is 0 Å². The van der Waals surface area contributed by atoms with E-state index in [4.69, 9.17) is 4.74 Å². The van der Waals surface area contributed by atoms with Gasteiger partial charge in [-0.3, -0.25) is 14.5 Å². The third-order valence-corrected chi connectivity index (χ3v) is 7.57. The zero-order valence-electron chi connectivity index (χ0n) is 17.2. The number of amides is 2. The molecule has 5 aliphatic rings. The van der Waals surface area contributed by atoms with Crippen LogP contribution >= 0.6 is 0 Å². The van der Waals surface area contributed by atoms with Crippen LogP contribution in [0, 0.1) is 35.5 Å². The van der Waals surface area contributed by atoms with Crippen LogP contribution < -0.4 is 9.64 Å². The van der Waals surface area contributed by atoms with Gasteiger partial charge in [-0.2, -0.15) is 0 Å². The first-order valence-corrected chi connectivity index (χ1v) is 11.0. The Labute approximate surface area is 180 Å². The molecular weight excluding hydrogens is 390 g/mol. The Balaban J connectivity index is 1.20. The van der Waals surface area contributed by atoms with Gasteiger partial charge in [0.1, 0.15) is 5.75 Å². The van der Waals surface area contributed by atoms with Gasteiger partial charge in [-0.15, -0.1) is 0 Å². The molecule has 156 valence electrons. The van der Waals surface area contributed by atoms with E-state index in [-0.39, 0.29) is 35.5 Å². The lowest BCUT2D eigenvalue weighted by atomic mass is 9.63. The number of carbonyl (C=O) groups excluding carboxylic acids is 3. The number of benzene rings is 2. The predicted molar refractivity (Wildman–Crippen MR) is 114 cm³/mol. The van der Waals surface area contributed by atoms with Gasteiger partial charge in [0.05, 0.1) is 23.1 Å². The second-order valence-electron chi connectivity index (χ2n) is 9.10. The SMILES string of the molecule is CCc1ccc(OC(=O)c2ccc(N3C(=O)[C@@H]4[C@H]5C=C[C@@H]([C@@H]6C[C@@H]56)[C@H]4C3=O)cc2)cc1. The van der Waals surface area contributed by atoms with Crippen LogP contribution in [-0.4, -0.2) is 17.8 Å². The summed E-state index contributed by atoms with van der Waals surface area (Å²) < 4.78 is 5.44. The molecular formula is C26H23NO4. The van der Waals surface area contributed by atoms with Crippen LogP contribution in [0.15, 0.2) is 60.7 Å². The van der Waals surface area contributed by atoms with Crippen LogP contribution in [-0.2, 0) is 16.0 Å². The number of carbonyl (C=O) groups is 3. The maximum atomic E-state index is 13.2. The fraction of sp³-hybridized carbons (Fsp3) is 0.346. The van der Waals surface area contributed by atoms with Crippen molar-refractivity contribution in [2.45, 2.75) is 19.8 Å². The van der Waals surface area contributed by atoms with Crippen molar-refractivity contribution in [2.24, 2.45) is 35.5 Å². The van der Waals surface area contributed by atoms with Gasteiger partial charge in [-0.1, -0.05) is 31.2 Å². The van der Waals surface area contributed by atoms with E-state index in [0.29, 0.717) is 28.8 Å². The summed E-state index contributed by atoms with van der Waals surface area (Å²) in [6.45, 7) is 2.07. The van der Waals surface area contributed by atoms with Crippen molar-refractivity contribution < 1.29 is 19.1 Å². The molecule has 0 unspecified atom stereocenters. The first-order chi connectivity index (χ1) is 15.1. The summed E-state index contributed by atoms with van der Waals surface area (Å²) in [7, 11) is 0. The van der Waals surface area contributed by atoms with Gasteiger partial charge in [0.25, 0.3) is 0 Å². The number of esters is 1. The van der Waals surface area contributed by atoms with Gasteiger partial charge in [-0.25, -0.2) is 4.79 Å². The van der Waals surface area contributed by atoms with Crippen molar-refractivity contribution in [2.75, 3.05) is 4.90 Å². The molecule has 2 bridgehead atoms. The second kappa shape index (κ2) is 6.64. The normalized spacial score (nSPS) is 32.1. The second-order valence-corrected chi connectivity index (χ2v) is 9.10. The summed E-state index contributed by atoms with van der Waals surface area (Å²) in [5, 5.41) is 0. The standard InChI is InChI=1S/C26H23NO4/c1-2-14-3-9-17(10-4-14)31-26(30)15-5-7-16(8-6-15)27-24(28)22-18-11-12-19(21-13-20(18)21)23(22)25(27)29/h3-12,18-23H,2,13H2,1H3/t18-,19-,20-,21-,22+,23+/m0/s1. The Kier molecular flexibility index (Phi) is 3.98. The molecule has 1 heterocycles. The van der Waals surface area contributed by atoms with Crippen molar-refractivity contribution in [1.29, 1.82) is 0 Å². The van der Waals surface area contributed by atoms with E-state index in [2.05, 4.69) is 19.1 Å². The summed E-state index contributed by atoms with van der Waals surface area (Å²) in [6, 6.07) is 14.0. The summed E-state index contributed by atoms with van der Waals surface area (Å²) in [6.07, 6.45) is 6.40. The number of imide groups is 1. The molecule has 2 aromatic rings. The Morgan fingerprint density at radius 1 is 0.903 bits per heavy atom. The summed E-state index contributed by atoms with van der Waals surface area (Å²) in [5.74, 6) is 0.964. The van der Waals surface area contributed by atoms with Crippen LogP contribution in [0.3, 0.4) is 0 Å². The number of allylic oxidation sites excluding steroid dienone is 2. The molecule has 1 aliphatic heterocycles. The van der Waals surface area contributed by atoms with E-state index in [1.54, 1.807) is 36.4 Å². The van der Waals surface area contributed by atoms with E-state index >= 15 is 0 Å². The number of rotatable bonds is 4. The average Bonchev–Trinajstić information content (AvgIpc) is 3.58. The highest BCUT2D eigenvalue weighted by Gasteiger charge is 2.67. The summed E-state index contributed by atoms with van der Waals surface area (Å²) >= 11 is 0. The molecule has 0 N–H and O–H groups in total. The minimum atomic E-state index is -0.467. The van der Waals surface area contributed by atoms with Crippen molar-refractivity contribution in [3.63, 3.8) is 0 Å². The Bertz CT molecular complexity index is 1080. The monoisotopic (exact) mass is 413 g/mol. The first-order valence-electron chi connectivity index (χ1n) is 11.0. The first kappa shape index (κ1) is 18.6. The third kappa shape index (κ3) is 2.72. The fourth-order valence-corrected chi connectivity index (χ4v) is 5.92. The largest absolute Gasteiger partial charge is 0.423 e. The molecule has 2 aromatic carbocycles. The van der Waals surface area contributed by atoms with Crippen LogP contribution in [0.4, 0.5) is 5.69 Å². The highest BCUT2D eigenvalue weighted by Crippen LogP contribution is 2.65. The maximum absolute atomic E-state index is 13.2. The number of hydrogen-bond acceptors (Lipinski definition) is 4. The smallest absolute Gasteiger partial charge is 0.343 e. The predicted octanol–water partition coefficient (Wildman–Crippen LogP) is 4.03. The summed E-state index contributed by atoms with van der Waals surface area (Å²) in [5.41, 5.74) is 2.08. The summed E-state index contributed by atoms with van der Waals surface area (Å²) in [4.78, 5) is 40.2. The lowest BCUT2D eigenvalue weighted by Crippen LogP contribution is -2.40. The minimum Gasteiger partial charge on any atom is -0.423 e. The Hall–Kier alpha value is -3.21. The molecule has 2 saturated carbocycles. The molecule has 0 aromatic heterocycles. The molecule has 5 nitrogen and oxygen atoms in total. The number of nitrogens with zero attached hydrogens (tertiary/aromatic N) is 1. The Morgan fingerprint density at radius 3 is 2.03 bits per heavy atom.